The van der Waals surface area contributed by atoms with Gasteiger partial charge in [-0.1, -0.05) is 26.0 Å². The molecule has 0 radical (unpaired) electrons. The molecule has 2 saturated heterocycles. The van der Waals surface area contributed by atoms with E-state index in [0.29, 0.717) is 25.0 Å². The van der Waals surface area contributed by atoms with Crippen molar-refractivity contribution in [3.63, 3.8) is 0 Å². The number of likely N-dealkylation sites (tertiary alicyclic amines) is 1. The SMILES string of the molecule is CN=C(NCc1cccc(NC(=O)CC(C)C)c1)N1CCC(OCC2CCCCO2)CC1. The van der Waals surface area contributed by atoms with Crippen molar-refractivity contribution in [1.29, 1.82) is 0 Å². The van der Waals surface area contributed by atoms with Gasteiger partial charge in [0.2, 0.25) is 5.91 Å². The van der Waals surface area contributed by atoms with Gasteiger partial charge in [-0.15, -0.1) is 0 Å². The number of benzene rings is 1. The number of piperidine rings is 1. The zero-order valence-corrected chi connectivity index (χ0v) is 19.9. The Morgan fingerprint density at radius 1 is 1.25 bits per heavy atom. The fourth-order valence-corrected chi connectivity index (χ4v) is 4.27. The topological polar surface area (TPSA) is 75.2 Å². The molecule has 1 aromatic rings. The summed E-state index contributed by atoms with van der Waals surface area (Å²) < 4.78 is 11.9. The first-order valence-corrected chi connectivity index (χ1v) is 12.1. The van der Waals surface area contributed by atoms with Crippen LogP contribution in [0.25, 0.3) is 0 Å². The molecule has 1 atom stereocenters. The predicted molar refractivity (Wildman–Crippen MR) is 129 cm³/mol. The molecule has 2 aliphatic rings. The molecule has 7 heteroatoms. The summed E-state index contributed by atoms with van der Waals surface area (Å²) in [7, 11) is 1.83. The average molecular weight is 445 g/mol. The van der Waals surface area contributed by atoms with E-state index in [-0.39, 0.29) is 12.0 Å². The number of nitrogens with one attached hydrogen (secondary N) is 2. The Balaban J connectivity index is 1.41. The zero-order chi connectivity index (χ0) is 22.8. The molecular formula is C25H40N4O3. The first-order valence-electron chi connectivity index (χ1n) is 12.1. The molecule has 2 aliphatic heterocycles. The maximum absolute atomic E-state index is 12.0. The van der Waals surface area contributed by atoms with Gasteiger partial charge in [0.1, 0.15) is 0 Å². The standard InChI is InChI=1S/C25H40N4O3/c1-19(2)15-24(30)28-21-8-6-7-20(16-21)17-27-25(26-3)29-12-10-22(11-13-29)32-18-23-9-4-5-14-31-23/h6-8,16,19,22-23H,4-5,9-15,17-18H2,1-3H3,(H,26,27)(H,28,30). The summed E-state index contributed by atoms with van der Waals surface area (Å²) in [6.45, 7) is 8.22. The second-order valence-corrected chi connectivity index (χ2v) is 9.26. The fourth-order valence-electron chi connectivity index (χ4n) is 4.27. The van der Waals surface area contributed by atoms with Gasteiger partial charge in [-0.25, -0.2) is 0 Å². The number of hydrogen-bond donors (Lipinski definition) is 2. The van der Waals surface area contributed by atoms with Crippen LogP contribution in [0.15, 0.2) is 29.3 Å². The molecule has 0 bridgehead atoms. The van der Waals surface area contributed by atoms with Crippen LogP contribution < -0.4 is 10.6 Å². The van der Waals surface area contributed by atoms with Gasteiger partial charge in [-0.3, -0.25) is 9.79 Å². The molecule has 0 aromatic heterocycles. The van der Waals surface area contributed by atoms with Gasteiger partial charge in [0, 0.05) is 45.4 Å². The molecule has 1 unspecified atom stereocenters. The fraction of sp³-hybridized carbons (Fsp3) is 0.680. The quantitative estimate of drug-likeness (QED) is 0.471. The number of rotatable bonds is 8. The van der Waals surface area contributed by atoms with Gasteiger partial charge in [0.25, 0.3) is 0 Å². The van der Waals surface area contributed by atoms with Crippen LogP contribution in [-0.2, 0) is 20.8 Å². The third-order valence-electron chi connectivity index (χ3n) is 6.00. The van der Waals surface area contributed by atoms with Crippen molar-refractivity contribution in [2.24, 2.45) is 10.9 Å². The zero-order valence-electron chi connectivity index (χ0n) is 19.9. The van der Waals surface area contributed by atoms with Crippen LogP contribution >= 0.6 is 0 Å². The number of anilines is 1. The maximum Gasteiger partial charge on any atom is 0.224 e. The van der Waals surface area contributed by atoms with Crippen molar-refractivity contribution in [1.82, 2.24) is 10.2 Å². The summed E-state index contributed by atoms with van der Waals surface area (Å²) >= 11 is 0. The summed E-state index contributed by atoms with van der Waals surface area (Å²) in [6.07, 6.45) is 6.68. The monoisotopic (exact) mass is 444 g/mol. The second-order valence-electron chi connectivity index (χ2n) is 9.26. The van der Waals surface area contributed by atoms with Crippen LogP contribution in [0.4, 0.5) is 5.69 Å². The smallest absolute Gasteiger partial charge is 0.224 e. The van der Waals surface area contributed by atoms with Crippen LogP contribution in [0, 0.1) is 5.92 Å². The second kappa shape index (κ2) is 12.8. The summed E-state index contributed by atoms with van der Waals surface area (Å²) in [5.41, 5.74) is 1.95. The number of guanidine groups is 1. The van der Waals surface area contributed by atoms with E-state index >= 15 is 0 Å². The number of aliphatic imine (C=N–C) groups is 1. The number of nitrogens with zero attached hydrogens (tertiary/aromatic N) is 2. The molecule has 178 valence electrons. The first-order chi connectivity index (χ1) is 15.5. The van der Waals surface area contributed by atoms with Crippen LogP contribution in [-0.4, -0.2) is 62.3 Å². The number of hydrogen-bond acceptors (Lipinski definition) is 4. The van der Waals surface area contributed by atoms with Crippen LogP contribution in [0.3, 0.4) is 0 Å². The molecule has 2 heterocycles. The normalized spacial score (nSPS) is 20.4. The van der Waals surface area contributed by atoms with Crippen molar-refractivity contribution in [3.05, 3.63) is 29.8 Å². The summed E-state index contributed by atoms with van der Waals surface area (Å²) in [5.74, 6) is 1.31. The molecule has 3 rings (SSSR count). The minimum absolute atomic E-state index is 0.0565. The van der Waals surface area contributed by atoms with E-state index in [1.807, 2.05) is 39.1 Å². The largest absolute Gasteiger partial charge is 0.376 e. The minimum atomic E-state index is 0.0565. The van der Waals surface area contributed by atoms with E-state index < -0.39 is 0 Å². The van der Waals surface area contributed by atoms with E-state index in [1.165, 1.54) is 12.8 Å². The van der Waals surface area contributed by atoms with E-state index in [4.69, 9.17) is 9.47 Å². The highest BCUT2D eigenvalue weighted by molar-refractivity contribution is 5.90. The number of amides is 1. The Bertz CT molecular complexity index is 738. The predicted octanol–water partition coefficient (Wildman–Crippen LogP) is 3.80. The lowest BCUT2D eigenvalue weighted by Gasteiger charge is -2.35. The third-order valence-corrected chi connectivity index (χ3v) is 6.00. The summed E-state index contributed by atoms with van der Waals surface area (Å²) in [4.78, 5) is 18.8. The Morgan fingerprint density at radius 3 is 2.75 bits per heavy atom. The molecule has 2 N–H and O–H groups in total. The van der Waals surface area contributed by atoms with Crippen molar-refractivity contribution >= 4 is 17.6 Å². The van der Waals surface area contributed by atoms with E-state index in [1.54, 1.807) is 0 Å². The Morgan fingerprint density at radius 2 is 2.06 bits per heavy atom. The van der Waals surface area contributed by atoms with Crippen molar-refractivity contribution in [2.75, 3.05) is 38.7 Å². The molecule has 1 amide bonds. The van der Waals surface area contributed by atoms with Gasteiger partial charge < -0.3 is 25.0 Å². The Hall–Kier alpha value is -2.12. The number of ether oxygens (including phenoxy) is 2. The molecular weight excluding hydrogens is 404 g/mol. The minimum Gasteiger partial charge on any atom is -0.376 e. The lowest BCUT2D eigenvalue weighted by atomic mass is 10.1. The molecule has 0 aliphatic carbocycles. The third kappa shape index (κ3) is 8.10. The Kier molecular flexibility index (Phi) is 9.81. The summed E-state index contributed by atoms with van der Waals surface area (Å²) in [5, 5.41) is 6.46. The lowest BCUT2D eigenvalue weighted by molar-refractivity contribution is -0.116. The Labute approximate surface area is 192 Å². The summed E-state index contributed by atoms with van der Waals surface area (Å²) in [6, 6.07) is 7.99. The van der Waals surface area contributed by atoms with Crippen LogP contribution in [0.5, 0.6) is 0 Å². The average Bonchev–Trinajstić information content (AvgIpc) is 2.79. The maximum atomic E-state index is 12.0. The molecule has 0 saturated carbocycles. The van der Waals surface area contributed by atoms with Gasteiger partial charge >= 0.3 is 0 Å². The first kappa shape index (κ1) is 24.5. The molecule has 7 nitrogen and oxygen atoms in total. The highest BCUT2D eigenvalue weighted by Crippen LogP contribution is 2.18. The van der Waals surface area contributed by atoms with E-state index in [2.05, 4.69) is 26.6 Å². The highest BCUT2D eigenvalue weighted by atomic mass is 16.5. The number of carbonyl (C=O) groups is 1. The van der Waals surface area contributed by atoms with Gasteiger partial charge in [0.05, 0.1) is 18.8 Å². The van der Waals surface area contributed by atoms with E-state index in [0.717, 1.165) is 62.8 Å². The van der Waals surface area contributed by atoms with Gasteiger partial charge in [-0.05, 0) is 55.7 Å². The van der Waals surface area contributed by atoms with E-state index in [9.17, 15) is 4.79 Å². The molecule has 1 aromatic carbocycles. The lowest BCUT2D eigenvalue weighted by Crippen LogP contribution is -2.47. The van der Waals surface area contributed by atoms with Crippen molar-refractivity contribution in [2.45, 2.75) is 71.1 Å². The highest BCUT2D eigenvalue weighted by Gasteiger charge is 2.23. The molecule has 2 fully saturated rings. The van der Waals surface area contributed by atoms with Crippen LogP contribution in [0.1, 0.15) is 57.9 Å². The number of carbonyl (C=O) groups excluding carboxylic acids is 1. The van der Waals surface area contributed by atoms with Crippen molar-refractivity contribution in [3.8, 4) is 0 Å². The van der Waals surface area contributed by atoms with Crippen molar-refractivity contribution < 1.29 is 14.3 Å². The molecule has 0 spiro atoms. The molecule has 32 heavy (non-hydrogen) atoms. The van der Waals surface area contributed by atoms with Gasteiger partial charge in [-0.2, -0.15) is 0 Å². The van der Waals surface area contributed by atoms with Crippen LogP contribution in [0.2, 0.25) is 0 Å². The van der Waals surface area contributed by atoms with Gasteiger partial charge in [0.15, 0.2) is 5.96 Å².